The predicted molar refractivity (Wildman–Crippen MR) is 122 cm³/mol. The zero-order valence-corrected chi connectivity index (χ0v) is 19.3. The summed E-state index contributed by atoms with van der Waals surface area (Å²) in [5.41, 5.74) is 0.612. The van der Waals surface area contributed by atoms with E-state index in [0.717, 1.165) is 12.8 Å². The van der Waals surface area contributed by atoms with E-state index in [2.05, 4.69) is 6.92 Å². The molecule has 1 aromatic heterocycles. The van der Waals surface area contributed by atoms with E-state index in [1.54, 1.807) is 31.4 Å². The van der Waals surface area contributed by atoms with Gasteiger partial charge in [0.25, 0.3) is 5.91 Å². The molecule has 33 heavy (non-hydrogen) atoms. The van der Waals surface area contributed by atoms with Crippen molar-refractivity contribution in [2.75, 3.05) is 33.5 Å². The highest BCUT2D eigenvalue weighted by Crippen LogP contribution is 2.42. The summed E-state index contributed by atoms with van der Waals surface area (Å²) < 4.78 is 22.0. The van der Waals surface area contributed by atoms with Crippen molar-refractivity contribution < 1.29 is 33.3 Å². The van der Waals surface area contributed by atoms with E-state index in [0.29, 0.717) is 49.8 Å². The molecule has 8 heteroatoms. The average molecular weight is 458 g/mol. The molecule has 0 bridgehead atoms. The summed E-state index contributed by atoms with van der Waals surface area (Å²) in [4.78, 5) is 27.6. The molecule has 1 aliphatic rings. The van der Waals surface area contributed by atoms with Gasteiger partial charge in [-0.25, -0.2) is 0 Å². The maximum absolute atomic E-state index is 13.2. The quantitative estimate of drug-likeness (QED) is 0.350. The number of Topliss-reactive ketones (excluding diaryl/α,β-unsaturated/α-hetero) is 1. The van der Waals surface area contributed by atoms with Crippen LogP contribution in [0, 0.1) is 0 Å². The first-order valence-corrected chi connectivity index (χ1v) is 11.2. The average Bonchev–Trinajstić information content (AvgIpc) is 3.43. The number of carbonyl (C=O) groups is 2. The Morgan fingerprint density at radius 3 is 2.61 bits per heavy atom. The van der Waals surface area contributed by atoms with Crippen LogP contribution in [0.1, 0.15) is 55.3 Å². The van der Waals surface area contributed by atoms with E-state index < -0.39 is 23.5 Å². The SMILES string of the molecule is CCCCOc1ccc(C2C(C(=O)c3ccco3)=C(O)C(=O)N2CCCOC)cc1OCC. The number of benzene rings is 1. The molecule has 1 aromatic carbocycles. The van der Waals surface area contributed by atoms with Crippen LogP contribution in [0.25, 0.3) is 0 Å². The van der Waals surface area contributed by atoms with Gasteiger partial charge in [-0.15, -0.1) is 0 Å². The number of unbranched alkanes of at least 4 members (excludes halogenated alkanes) is 1. The molecule has 1 aliphatic heterocycles. The van der Waals surface area contributed by atoms with Gasteiger partial charge in [0.15, 0.2) is 23.0 Å². The third-order valence-corrected chi connectivity index (χ3v) is 5.38. The van der Waals surface area contributed by atoms with Crippen LogP contribution in [0.5, 0.6) is 11.5 Å². The van der Waals surface area contributed by atoms with Gasteiger partial charge in [-0.2, -0.15) is 0 Å². The number of aliphatic hydroxyl groups excluding tert-OH is 1. The van der Waals surface area contributed by atoms with Crippen molar-refractivity contribution in [2.24, 2.45) is 0 Å². The lowest BCUT2D eigenvalue weighted by Gasteiger charge is -2.27. The maximum Gasteiger partial charge on any atom is 0.290 e. The van der Waals surface area contributed by atoms with Gasteiger partial charge in [-0.1, -0.05) is 19.4 Å². The number of carbonyl (C=O) groups excluding carboxylic acids is 2. The summed E-state index contributed by atoms with van der Waals surface area (Å²) in [6, 6.07) is 7.63. The number of hydrogen-bond acceptors (Lipinski definition) is 7. The van der Waals surface area contributed by atoms with Gasteiger partial charge in [0, 0.05) is 20.3 Å². The van der Waals surface area contributed by atoms with Crippen LogP contribution in [0.4, 0.5) is 0 Å². The lowest BCUT2D eigenvalue weighted by Crippen LogP contribution is -2.32. The van der Waals surface area contributed by atoms with Crippen LogP contribution in [0.2, 0.25) is 0 Å². The fourth-order valence-electron chi connectivity index (χ4n) is 3.79. The highest BCUT2D eigenvalue weighted by molar-refractivity contribution is 6.15. The second-order valence-electron chi connectivity index (χ2n) is 7.66. The van der Waals surface area contributed by atoms with E-state index in [-0.39, 0.29) is 11.3 Å². The Hall–Kier alpha value is -3.26. The van der Waals surface area contributed by atoms with Crippen molar-refractivity contribution in [1.82, 2.24) is 4.90 Å². The van der Waals surface area contributed by atoms with Gasteiger partial charge < -0.3 is 28.6 Å². The second-order valence-corrected chi connectivity index (χ2v) is 7.66. The first-order valence-electron chi connectivity index (χ1n) is 11.2. The molecule has 0 aliphatic carbocycles. The monoisotopic (exact) mass is 457 g/mol. The van der Waals surface area contributed by atoms with Crippen molar-refractivity contribution in [3.8, 4) is 11.5 Å². The van der Waals surface area contributed by atoms with Gasteiger partial charge in [-0.05, 0) is 49.6 Å². The van der Waals surface area contributed by atoms with E-state index in [4.69, 9.17) is 18.6 Å². The normalized spacial score (nSPS) is 15.9. The van der Waals surface area contributed by atoms with Gasteiger partial charge in [0.05, 0.1) is 31.1 Å². The number of methoxy groups -OCH3 is 1. The summed E-state index contributed by atoms with van der Waals surface area (Å²) in [6.45, 7) is 5.68. The van der Waals surface area contributed by atoms with Crippen molar-refractivity contribution >= 4 is 11.7 Å². The van der Waals surface area contributed by atoms with Crippen molar-refractivity contribution in [1.29, 1.82) is 0 Å². The molecule has 1 N–H and O–H groups in total. The number of ketones is 1. The molecule has 2 heterocycles. The molecule has 1 amide bonds. The van der Waals surface area contributed by atoms with Crippen LogP contribution in [-0.2, 0) is 9.53 Å². The van der Waals surface area contributed by atoms with Gasteiger partial charge in [-0.3, -0.25) is 9.59 Å². The van der Waals surface area contributed by atoms with Crippen LogP contribution in [0.15, 0.2) is 52.3 Å². The molecule has 3 rings (SSSR count). The summed E-state index contributed by atoms with van der Waals surface area (Å²) in [7, 11) is 1.58. The van der Waals surface area contributed by atoms with E-state index in [9.17, 15) is 14.7 Å². The van der Waals surface area contributed by atoms with Gasteiger partial charge in [0.2, 0.25) is 5.78 Å². The molecule has 0 saturated heterocycles. The summed E-state index contributed by atoms with van der Waals surface area (Å²) >= 11 is 0. The molecule has 8 nitrogen and oxygen atoms in total. The molecule has 0 fully saturated rings. The number of amides is 1. The third kappa shape index (κ3) is 5.39. The third-order valence-electron chi connectivity index (χ3n) is 5.38. The minimum absolute atomic E-state index is 0.0190. The molecular weight excluding hydrogens is 426 g/mol. The summed E-state index contributed by atoms with van der Waals surface area (Å²) in [5, 5.41) is 10.7. The first-order chi connectivity index (χ1) is 16.0. The number of rotatable bonds is 13. The minimum atomic E-state index is -0.796. The Morgan fingerprint density at radius 2 is 1.94 bits per heavy atom. The van der Waals surface area contributed by atoms with Crippen molar-refractivity contribution in [3.05, 3.63) is 59.3 Å². The molecule has 0 spiro atoms. The molecule has 0 saturated carbocycles. The minimum Gasteiger partial charge on any atom is -0.503 e. The van der Waals surface area contributed by atoms with Crippen LogP contribution >= 0.6 is 0 Å². The van der Waals surface area contributed by atoms with Gasteiger partial charge in [0.1, 0.15) is 0 Å². The number of nitrogens with zero attached hydrogens (tertiary/aromatic N) is 1. The Labute approximate surface area is 193 Å². The molecule has 178 valence electrons. The fraction of sp³-hybridized carbons (Fsp3) is 0.440. The zero-order valence-electron chi connectivity index (χ0n) is 19.3. The first kappa shape index (κ1) is 24.4. The molecule has 1 unspecified atom stereocenters. The van der Waals surface area contributed by atoms with E-state index in [1.165, 1.54) is 17.2 Å². The smallest absolute Gasteiger partial charge is 0.290 e. The summed E-state index contributed by atoms with van der Waals surface area (Å²) in [6.07, 6.45) is 3.84. The number of hydrogen-bond donors (Lipinski definition) is 1. The van der Waals surface area contributed by atoms with E-state index >= 15 is 0 Å². The molecule has 1 atom stereocenters. The number of furan rings is 1. The highest BCUT2D eigenvalue weighted by Gasteiger charge is 2.44. The molecule has 2 aromatic rings. The largest absolute Gasteiger partial charge is 0.503 e. The Balaban J connectivity index is 2.02. The topological polar surface area (TPSA) is 98.4 Å². The van der Waals surface area contributed by atoms with E-state index in [1.807, 2.05) is 6.92 Å². The zero-order chi connectivity index (χ0) is 23.8. The lowest BCUT2D eigenvalue weighted by molar-refractivity contribution is -0.129. The maximum atomic E-state index is 13.2. The Kier molecular flexibility index (Phi) is 8.54. The molecule has 0 radical (unpaired) electrons. The van der Waals surface area contributed by atoms with Crippen molar-refractivity contribution in [3.63, 3.8) is 0 Å². The predicted octanol–water partition coefficient (Wildman–Crippen LogP) is 4.47. The number of ether oxygens (including phenoxy) is 3. The van der Waals surface area contributed by atoms with Crippen LogP contribution in [-0.4, -0.2) is 55.2 Å². The standard InChI is InChI=1S/C25H31NO7/c1-4-6-14-32-18-11-10-17(16-20(18)31-5-2)22-21(23(27)19-9-7-15-33-19)24(28)25(29)26(22)12-8-13-30-3/h7,9-11,15-16,22,28H,4-6,8,12-14H2,1-3H3. The fourth-order valence-corrected chi connectivity index (χ4v) is 3.79. The summed E-state index contributed by atoms with van der Waals surface area (Å²) in [5.74, 6) is -0.542. The Bertz CT molecular complexity index is 981. The van der Waals surface area contributed by atoms with Crippen LogP contribution < -0.4 is 9.47 Å². The second kappa shape index (κ2) is 11.6. The Morgan fingerprint density at radius 1 is 1.12 bits per heavy atom. The highest BCUT2D eigenvalue weighted by atomic mass is 16.5. The van der Waals surface area contributed by atoms with Crippen molar-refractivity contribution in [2.45, 2.75) is 39.2 Å². The molecular formula is C25H31NO7. The van der Waals surface area contributed by atoms with Crippen LogP contribution in [0.3, 0.4) is 0 Å². The number of aliphatic hydroxyl groups is 1. The van der Waals surface area contributed by atoms with Gasteiger partial charge >= 0.3 is 0 Å². The lowest BCUT2D eigenvalue weighted by atomic mass is 9.94.